The standard InChI is InChI=1S/C14H15F3N2/c1-4-18-12-9(3)13(14(15,16)17)19-11-6-5-8(2)7-10(11)12/h5-7H,4H2,1-3H3,(H,18,19). The molecule has 0 saturated carbocycles. The highest BCUT2D eigenvalue weighted by Crippen LogP contribution is 2.37. The van der Waals surface area contributed by atoms with E-state index in [1.807, 2.05) is 19.9 Å². The minimum Gasteiger partial charge on any atom is -0.385 e. The molecule has 0 atom stereocenters. The van der Waals surface area contributed by atoms with Crippen molar-refractivity contribution in [1.82, 2.24) is 4.98 Å². The van der Waals surface area contributed by atoms with Gasteiger partial charge in [-0.05, 0) is 32.9 Å². The lowest BCUT2D eigenvalue weighted by Gasteiger charge is -2.17. The van der Waals surface area contributed by atoms with Crippen LogP contribution in [0.1, 0.15) is 23.7 Å². The first-order valence-electron chi connectivity index (χ1n) is 6.06. The zero-order valence-electron chi connectivity index (χ0n) is 11.0. The number of aryl methyl sites for hydroxylation is 1. The lowest BCUT2D eigenvalue weighted by molar-refractivity contribution is -0.141. The normalized spacial score (nSPS) is 11.9. The van der Waals surface area contributed by atoms with Crippen molar-refractivity contribution in [2.45, 2.75) is 26.9 Å². The Morgan fingerprint density at radius 2 is 1.89 bits per heavy atom. The van der Waals surface area contributed by atoms with Crippen LogP contribution in [0.25, 0.3) is 10.9 Å². The average Bonchev–Trinajstić information content (AvgIpc) is 2.31. The van der Waals surface area contributed by atoms with Gasteiger partial charge in [-0.2, -0.15) is 13.2 Å². The summed E-state index contributed by atoms with van der Waals surface area (Å²) < 4.78 is 39.0. The SMILES string of the molecule is CCNc1c(C)c(C(F)(F)F)nc2ccc(C)cc12. The summed E-state index contributed by atoms with van der Waals surface area (Å²) in [4.78, 5) is 3.77. The Morgan fingerprint density at radius 1 is 1.21 bits per heavy atom. The maximum atomic E-state index is 13.0. The van der Waals surface area contributed by atoms with E-state index in [0.717, 1.165) is 10.9 Å². The molecule has 0 fully saturated rings. The van der Waals surface area contributed by atoms with Crippen LogP contribution in [0.4, 0.5) is 18.9 Å². The van der Waals surface area contributed by atoms with Crippen molar-refractivity contribution in [2.24, 2.45) is 0 Å². The van der Waals surface area contributed by atoms with Crippen molar-refractivity contribution < 1.29 is 13.2 Å². The Morgan fingerprint density at radius 3 is 2.47 bits per heavy atom. The molecule has 0 unspecified atom stereocenters. The largest absolute Gasteiger partial charge is 0.433 e. The molecule has 2 rings (SSSR count). The molecule has 19 heavy (non-hydrogen) atoms. The van der Waals surface area contributed by atoms with Crippen LogP contribution in [0.5, 0.6) is 0 Å². The summed E-state index contributed by atoms with van der Waals surface area (Å²) in [5, 5.41) is 3.75. The maximum Gasteiger partial charge on any atom is 0.433 e. The quantitative estimate of drug-likeness (QED) is 0.878. The number of benzene rings is 1. The van der Waals surface area contributed by atoms with E-state index >= 15 is 0 Å². The third-order valence-corrected chi connectivity index (χ3v) is 3.01. The summed E-state index contributed by atoms with van der Waals surface area (Å²) in [6.07, 6.45) is -4.44. The fourth-order valence-electron chi connectivity index (χ4n) is 2.15. The molecule has 1 N–H and O–H groups in total. The molecular weight excluding hydrogens is 253 g/mol. The summed E-state index contributed by atoms with van der Waals surface area (Å²) in [7, 11) is 0. The van der Waals surface area contributed by atoms with Crippen LogP contribution >= 0.6 is 0 Å². The van der Waals surface area contributed by atoms with Gasteiger partial charge in [-0.15, -0.1) is 0 Å². The van der Waals surface area contributed by atoms with Crippen LogP contribution in [0.2, 0.25) is 0 Å². The molecule has 0 aliphatic heterocycles. The molecule has 2 nitrogen and oxygen atoms in total. The van der Waals surface area contributed by atoms with E-state index in [2.05, 4.69) is 10.3 Å². The highest BCUT2D eigenvalue weighted by atomic mass is 19.4. The number of rotatable bonds is 2. The Kier molecular flexibility index (Phi) is 3.39. The van der Waals surface area contributed by atoms with Crippen LogP contribution in [0.3, 0.4) is 0 Å². The fraction of sp³-hybridized carbons (Fsp3) is 0.357. The lowest BCUT2D eigenvalue weighted by atomic mass is 10.0. The smallest absolute Gasteiger partial charge is 0.385 e. The second-order valence-electron chi connectivity index (χ2n) is 4.51. The molecule has 1 heterocycles. The summed E-state index contributed by atoms with van der Waals surface area (Å²) in [5.74, 6) is 0. The van der Waals surface area contributed by atoms with E-state index in [0.29, 0.717) is 17.7 Å². The van der Waals surface area contributed by atoms with Crippen LogP contribution < -0.4 is 5.32 Å². The number of nitrogens with one attached hydrogen (secondary N) is 1. The molecule has 1 aromatic carbocycles. The van der Waals surface area contributed by atoms with E-state index in [4.69, 9.17) is 0 Å². The van der Waals surface area contributed by atoms with Gasteiger partial charge in [0.1, 0.15) is 5.69 Å². The van der Waals surface area contributed by atoms with Gasteiger partial charge in [0.2, 0.25) is 0 Å². The van der Waals surface area contributed by atoms with Gasteiger partial charge in [0.05, 0.1) is 5.52 Å². The fourth-order valence-corrected chi connectivity index (χ4v) is 2.15. The molecule has 0 spiro atoms. The predicted molar refractivity (Wildman–Crippen MR) is 70.4 cm³/mol. The second kappa shape index (κ2) is 4.72. The number of pyridine rings is 1. The minimum absolute atomic E-state index is 0.146. The maximum absolute atomic E-state index is 13.0. The second-order valence-corrected chi connectivity index (χ2v) is 4.51. The van der Waals surface area contributed by atoms with Crippen molar-refractivity contribution in [3.05, 3.63) is 35.0 Å². The van der Waals surface area contributed by atoms with E-state index in [1.165, 1.54) is 6.92 Å². The number of fused-ring (bicyclic) bond motifs is 1. The van der Waals surface area contributed by atoms with Gasteiger partial charge >= 0.3 is 6.18 Å². The van der Waals surface area contributed by atoms with E-state index in [-0.39, 0.29) is 5.56 Å². The van der Waals surface area contributed by atoms with Gasteiger partial charge in [-0.3, -0.25) is 0 Å². The van der Waals surface area contributed by atoms with E-state index in [9.17, 15) is 13.2 Å². The number of aromatic nitrogens is 1. The van der Waals surface area contributed by atoms with Gasteiger partial charge in [0.15, 0.2) is 0 Å². The first-order chi connectivity index (χ1) is 8.84. The highest BCUT2D eigenvalue weighted by Gasteiger charge is 2.35. The Bertz CT molecular complexity index is 618. The zero-order valence-corrected chi connectivity index (χ0v) is 11.0. The molecule has 0 bridgehead atoms. The third kappa shape index (κ3) is 2.50. The van der Waals surface area contributed by atoms with Gasteiger partial charge in [-0.25, -0.2) is 4.98 Å². The Balaban J connectivity index is 2.82. The average molecular weight is 268 g/mol. The molecule has 2 aromatic rings. The topological polar surface area (TPSA) is 24.9 Å². The highest BCUT2D eigenvalue weighted by molar-refractivity contribution is 5.93. The molecular formula is C14H15F3N2. The number of halogens is 3. The molecule has 102 valence electrons. The third-order valence-electron chi connectivity index (χ3n) is 3.01. The first-order valence-corrected chi connectivity index (χ1v) is 6.06. The Labute approximate surface area is 109 Å². The van der Waals surface area contributed by atoms with Gasteiger partial charge < -0.3 is 5.32 Å². The van der Waals surface area contributed by atoms with Crippen LogP contribution in [0.15, 0.2) is 18.2 Å². The summed E-state index contributed by atoms with van der Waals surface area (Å²) in [6.45, 7) is 5.78. The van der Waals surface area contributed by atoms with Crippen LogP contribution in [-0.2, 0) is 6.18 Å². The molecule has 0 amide bonds. The zero-order chi connectivity index (χ0) is 14.2. The number of anilines is 1. The van der Waals surface area contributed by atoms with E-state index in [1.54, 1.807) is 12.1 Å². The van der Waals surface area contributed by atoms with Crippen molar-refractivity contribution in [1.29, 1.82) is 0 Å². The lowest BCUT2D eigenvalue weighted by Crippen LogP contribution is -2.13. The van der Waals surface area contributed by atoms with E-state index < -0.39 is 11.9 Å². The summed E-state index contributed by atoms with van der Waals surface area (Å²) in [6, 6.07) is 5.24. The van der Waals surface area contributed by atoms with Crippen molar-refractivity contribution in [3.8, 4) is 0 Å². The van der Waals surface area contributed by atoms with Gasteiger partial charge in [0, 0.05) is 23.2 Å². The van der Waals surface area contributed by atoms with Crippen LogP contribution in [-0.4, -0.2) is 11.5 Å². The van der Waals surface area contributed by atoms with Crippen molar-refractivity contribution >= 4 is 16.6 Å². The summed E-state index contributed by atoms with van der Waals surface area (Å²) in [5.41, 5.74) is 1.20. The van der Waals surface area contributed by atoms with Crippen molar-refractivity contribution in [3.63, 3.8) is 0 Å². The Hall–Kier alpha value is -1.78. The molecule has 0 aliphatic carbocycles. The monoisotopic (exact) mass is 268 g/mol. The van der Waals surface area contributed by atoms with Gasteiger partial charge in [-0.1, -0.05) is 11.6 Å². The molecule has 0 saturated heterocycles. The molecule has 1 aromatic heterocycles. The number of alkyl halides is 3. The van der Waals surface area contributed by atoms with Crippen LogP contribution in [0, 0.1) is 13.8 Å². The molecule has 5 heteroatoms. The molecule has 0 radical (unpaired) electrons. The van der Waals surface area contributed by atoms with Gasteiger partial charge in [0.25, 0.3) is 0 Å². The summed E-state index contributed by atoms with van der Waals surface area (Å²) >= 11 is 0. The number of hydrogen-bond acceptors (Lipinski definition) is 2. The first kappa shape index (κ1) is 13.6. The number of hydrogen-bond donors (Lipinski definition) is 1. The number of nitrogens with zero attached hydrogens (tertiary/aromatic N) is 1. The van der Waals surface area contributed by atoms with Crippen molar-refractivity contribution in [2.75, 3.05) is 11.9 Å². The predicted octanol–water partition coefficient (Wildman–Crippen LogP) is 4.30. The minimum atomic E-state index is -4.44. The molecule has 0 aliphatic rings.